The molecule has 0 heterocycles. The molecule has 0 atom stereocenters. The van der Waals surface area contributed by atoms with Gasteiger partial charge in [-0.2, -0.15) is 0 Å². The number of nitro benzene ring substituents is 1. The summed E-state index contributed by atoms with van der Waals surface area (Å²) >= 11 is 0. The molecule has 0 unspecified atom stereocenters. The molecule has 2 rings (SSSR count). The first-order chi connectivity index (χ1) is 10.2. The van der Waals surface area contributed by atoms with E-state index in [9.17, 15) is 14.9 Å². The number of anilines is 1. The largest absolute Gasteiger partial charge is 0.338 e. The monoisotopic (exact) mass is 285 g/mol. The number of rotatable bonds is 5. The molecular weight excluding hydrogens is 270 g/mol. The Hall–Kier alpha value is -2.89. The van der Waals surface area contributed by atoms with Crippen molar-refractivity contribution in [2.45, 2.75) is 6.42 Å². The van der Waals surface area contributed by atoms with Gasteiger partial charge < -0.3 is 10.6 Å². The maximum absolute atomic E-state index is 11.7. The average molecular weight is 285 g/mol. The van der Waals surface area contributed by atoms with Gasteiger partial charge in [0, 0.05) is 12.6 Å². The van der Waals surface area contributed by atoms with Crippen LogP contribution in [0.3, 0.4) is 0 Å². The van der Waals surface area contributed by atoms with Crippen LogP contribution in [0.1, 0.15) is 5.56 Å². The zero-order chi connectivity index (χ0) is 15.1. The lowest BCUT2D eigenvalue weighted by Gasteiger charge is -2.08. The van der Waals surface area contributed by atoms with E-state index in [-0.39, 0.29) is 11.4 Å². The van der Waals surface area contributed by atoms with E-state index in [2.05, 4.69) is 10.6 Å². The molecule has 6 heteroatoms. The number of para-hydroxylation sites is 2. The standard InChI is InChI=1S/C15H15N3O3/c19-15(16-11-10-12-6-2-1-3-7-12)17-13-8-4-5-9-14(13)18(20)21/h1-9H,10-11H2,(H2,16,17,19). The Morgan fingerprint density at radius 2 is 1.71 bits per heavy atom. The van der Waals surface area contributed by atoms with E-state index in [1.807, 2.05) is 30.3 Å². The van der Waals surface area contributed by atoms with E-state index in [0.717, 1.165) is 5.56 Å². The highest BCUT2D eigenvalue weighted by Crippen LogP contribution is 2.22. The van der Waals surface area contributed by atoms with Crippen LogP contribution in [-0.2, 0) is 6.42 Å². The zero-order valence-electron chi connectivity index (χ0n) is 11.3. The number of urea groups is 1. The van der Waals surface area contributed by atoms with Crippen LogP contribution >= 0.6 is 0 Å². The molecule has 0 spiro atoms. The SMILES string of the molecule is O=C(NCCc1ccccc1)Nc1ccccc1[N+](=O)[O-]. The third-order valence-corrected chi connectivity index (χ3v) is 2.89. The quantitative estimate of drug-likeness (QED) is 0.654. The number of nitrogens with zero attached hydrogens (tertiary/aromatic N) is 1. The molecule has 0 saturated heterocycles. The van der Waals surface area contributed by atoms with Gasteiger partial charge in [0.25, 0.3) is 5.69 Å². The van der Waals surface area contributed by atoms with E-state index < -0.39 is 11.0 Å². The summed E-state index contributed by atoms with van der Waals surface area (Å²) in [7, 11) is 0. The van der Waals surface area contributed by atoms with Crippen molar-refractivity contribution in [2.75, 3.05) is 11.9 Å². The van der Waals surface area contributed by atoms with Gasteiger partial charge in [-0.15, -0.1) is 0 Å². The van der Waals surface area contributed by atoms with Crippen LogP contribution in [0.15, 0.2) is 54.6 Å². The van der Waals surface area contributed by atoms with Crippen molar-refractivity contribution in [1.82, 2.24) is 5.32 Å². The molecule has 0 fully saturated rings. The van der Waals surface area contributed by atoms with Gasteiger partial charge in [0.2, 0.25) is 0 Å². The van der Waals surface area contributed by atoms with Crippen LogP contribution in [0, 0.1) is 10.1 Å². The summed E-state index contributed by atoms with van der Waals surface area (Å²) in [5.74, 6) is 0. The van der Waals surface area contributed by atoms with Crippen LogP contribution in [0.5, 0.6) is 0 Å². The minimum absolute atomic E-state index is 0.129. The predicted octanol–water partition coefficient (Wildman–Crippen LogP) is 2.96. The van der Waals surface area contributed by atoms with E-state index in [0.29, 0.717) is 13.0 Å². The maximum Gasteiger partial charge on any atom is 0.319 e. The highest BCUT2D eigenvalue weighted by molar-refractivity contribution is 5.91. The molecule has 0 aliphatic heterocycles. The molecule has 0 aromatic heterocycles. The first-order valence-electron chi connectivity index (χ1n) is 6.49. The van der Waals surface area contributed by atoms with Crippen molar-refractivity contribution in [1.29, 1.82) is 0 Å². The lowest BCUT2D eigenvalue weighted by molar-refractivity contribution is -0.383. The summed E-state index contributed by atoms with van der Waals surface area (Å²) in [5, 5.41) is 16.0. The Morgan fingerprint density at radius 1 is 1.05 bits per heavy atom. The van der Waals surface area contributed by atoms with E-state index >= 15 is 0 Å². The lowest BCUT2D eigenvalue weighted by Crippen LogP contribution is -2.30. The third-order valence-electron chi connectivity index (χ3n) is 2.89. The van der Waals surface area contributed by atoms with Crippen LogP contribution in [-0.4, -0.2) is 17.5 Å². The second-order valence-corrected chi connectivity index (χ2v) is 4.39. The molecule has 0 saturated carbocycles. The summed E-state index contributed by atoms with van der Waals surface area (Å²) in [6.07, 6.45) is 0.700. The van der Waals surface area contributed by atoms with Crippen molar-refractivity contribution in [3.05, 3.63) is 70.3 Å². The summed E-state index contributed by atoms with van der Waals surface area (Å²) in [4.78, 5) is 22.0. The van der Waals surface area contributed by atoms with Crippen LogP contribution in [0.4, 0.5) is 16.2 Å². The topological polar surface area (TPSA) is 84.3 Å². The summed E-state index contributed by atoms with van der Waals surface area (Å²) < 4.78 is 0. The highest BCUT2D eigenvalue weighted by Gasteiger charge is 2.14. The Labute approximate surface area is 121 Å². The molecule has 2 aromatic rings. The summed E-state index contributed by atoms with van der Waals surface area (Å²) in [6.45, 7) is 0.455. The van der Waals surface area contributed by atoms with Gasteiger partial charge in [-0.25, -0.2) is 4.79 Å². The number of carbonyl (C=O) groups is 1. The second-order valence-electron chi connectivity index (χ2n) is 4.39. The number of hydrogen-bond acceptors (Lipinski definition) is 3. The summed E-state index contributed by atoms with van der Waals surface area (Å²) in [5.41, 5.74) is 1.17. The fraction of sp³-hybridized carbons (Fsp3) is 0.133. The van der Waals surface area contributed by atoms with Gasteiger partial charge in [-0.05, 0) is 18.1 Å². The first-order valence-corrected chi connectivity index (χ1v) is 6.49. The fourth-order valence-corrected chi connectivity index (χ4v) is 1.87. The molecular formula is C15H15N3O3. The van der Waals surface area contributed by atoms with Crippen molar-refractivity contribution in [2.24, 2.45) is 0 Å². The number of nitrogens with one attached hydrogen (secondary N) is 2. The Balaban J connectivity index is 1.86. The molecule has 0 aliphatic rings. The number of hydrogen-bond donors (Lipinski definition) is 2. The van der Waals surface area contributed by atoms with E-state index in [4.69, 9.17) is 0 Å². The highest BCUT2D eigenvalue weighted by atomic mass is 16.6. The molecule has 2 N–H and O–H groups in total. The molecule has 6 nitrogen and oxygen atoms in total. The minimum Gasteiger partial charge on any atom is -0.338 e. The van der Waals surface area contributed by atoms with Gasteiger partial charge in [-0.3, -0.25) is 10.1 Å². The van der Waals surface area contributed by atoms with E-state index in [1.54, 1.807) is 12.1 Å². The molecule has 21 heavy (non-hydrogen) atoms. The smallest absolute Gasteiger partial charge is 0.319 e. The number of nitro groups is 1. The lowest BCUT2D eigenvalue weighted by atomic mass is 10.1. The fourth-order valence-electron chi connectivity index (χ4n) is 1.87. The van der Waals surface area contributed by atoms with Crippen LogP contribution in [0.2, 0.25) is 0 Å². The van der Waals surface area contributed by atoms with E-state index in [1.165, 1.54) is 12.1 Å². The third kappa shape index (κ3) is 4.31. The Morgan fingerprint density at radius 3 is 2.43 bits per heavy atom. The van der Waals surface area contributed by atoms with Crippen molar-refractivity contribution < 1.29 is 9.72 Å². The van der Waals surface area contributed by atoms with Gasteiger partial charge in [-0.1, -0.05) is 42.5 Å². The van der Waals surface area contributed by atoms with Gasteiger partial charge in [0.05, 0.1) is 4.92 Å². The van der Waals surface area contributed by atoms with Crippen molar-refractivity contribution >= 4 is 17.4 Å². The minimum atomic E-state index is -0.528. The Kier molecular flexibility index (Phi) is 4.87. The van der Waals surface area contributed by atoms with Crippen LogP contribution in [0.25, 0.3) is 0 Å². The van der Waals surface area contributed by atoms with Crippen molar-refractivity contribution in [3.63, 3.8) is 0 Å². The predicted molar refractivity (Wildman–Crippen MR) is 80.3 cm³/mol. The molecule has 0 bridgehead atoms. The summed E-state index contributed by atoms with van der Waals surface area (Å²) in [6, 6.07) is 15.3. The molecule has 2 aromatic carbocycles. The van der Waals surface area contributed by atoms with Gasteiger partial charge in [0.1, 0.15) is 5.69 Å². The normalized spacial score (nSPS) is 9.90. The zero-order valence-corrected chi connectivity index (χ0v) is 11.3. The molecule has 0 aliphatic carbocycles. The number of carbonyl (C=O) groups excluding carboxylic acids is 1. The number of amides is 2. The Bertz CT molecular complexity index is 629. The van der Waals surface area contributed by atoms with Gasteiger partial charge in [0.15, 0.2) is 0 Å². The number of benzene rings is 2. The average Bonchev–Trinajstić information content (AvgIpc) is 2.48. The molecule has 108 valence electrons. The molecule has 0 radical (unpaired) electrons. The second kappa shape index (κ2) is 7.04. The molecule has 2 amide bonds. The maximum atomic E-state index is 11.7. The first kappa shape index (κ1) is 14.5. The van der Waals surface area contributed by atoms with Gasteiger partial charge >= 0.3 is 6.03 Å². The van der Waals surface area contributed by atoms with Crippen molar-refractivity contribution in [3.8, 4) is 0 Å². The van der Waals surface area contributed by atoms with Crippen LogP contribution < -0.4 is 10.6 Å².